The maximum Gasteiger partial charge on any atom is 0.140 e. The minimum atomic E-state index is -0.247. The Morgan fingerprint density at radius 2 is 2.15 bits per heavy atom. The molecule has 104 valence electrons. The third-order valence-electron chi connectivity index (χ3n) is 3.39. The minimum Gasteiger partial charge on any atom is -0.384 e. The average molecular weight is 272 g/mol. The summed E-state index contributed by atoms with van der Waals surface area (Å²) < 4.78 is 13.9. The number of rotatable bonds is 3. The van der Waals surface area contributed by atoms with Gasteiger partial charge < -0.3 is 15.2 Å². The Morgan fingerprint density at radius 1 is 1.35 bits per heavy atom. The number of anilines is 2. The van der Waals surface area contributed by atoms with Gasteiger partial charge in [0.15, 0.2) is 0 Å². The van der Waals surface area contributed by atoms with E-state index in [1.807, 2.05) is 32.0 Å². The number of aromatic nitrogens is 2. The number of hydrogen-bond acceptors (Lipinski definition) is 3. The van der Waals surface area contributed by atoms with E-state index >= 15 is 0 Å². The van der Waals surface area contributed by atoms with Crippen molar-refractivity contribution in [2.75, 3.05) is 30.9 Å². The molecule has 1 aromatic carbocycles. The Kier molecular flexibility index (Phi) is 2.97. The second-order valence-electron chi connectivity index (χ2n) is 4.98. The number of benzene rings is 1. The number of halogens is 1. The summed E-state index contributed by atoms with van der Waals surface area (Å²) in [7, 11) is 3.94. The molecule has 0 radical (unpaired) electrons. The van der Waals surface area contributed by atoms with Gasteiger partial charge in [0.1, 0.15) is 11.5 Å². The quantitative estimate of drug-likeness (QED) is 0.768. The van der Waals surface area contributed by atoms with Gasteiger partial charge in [-0.3, -0.25) is 0 Å². The van der Waals surface area contributed by atoms with Gasteiger partial charge in [-0.05, 0) is 25.1 Å². The average Bonchev–Trinajstić information content (AvgIpc) is 2.77. The predicted octanol–water partition coefficient (Wildman–Crippen LogP) is 3.35. The van der Waals surface area contributed by atoms with Crippen LogP contribution in [-0.4, -0.2) is 30.6 Å². The standard InChI is InChI=1S/C15H17FN4/c1-4-17-11-8-9(16)7-10-13-12(20(2)3)5-6-18-15(13)19-14(10)11/h5-8,17H,4H2,1-3H3,(H,18,19). The van der Waals surface area contributed by atoms with Gasteiger partial charge >= 0.3 is 0 Å². The molecule has 0 saturated carbocycles. The Labute approximate surface area is 116 Å². The van der Waals surface area contributed by atoms with E-state index in [-0.39, 0.29) is 5.82 Å². The first kappa shape index (κ1) is 12.7. The molecular weight excluding hydrogens is 255 g/mol. The molecule has 0 aliphatic heterocycles. The van der Waals surface area contributed by atoms with Crippen LogP contribution in [0.2, 0.25) is 0 Å². The van der Waals surface area contributed by atoms with Crippen LogP contribution in [0.1, 0.15) is 6.92 Å². The molecule has 2 N–H and O–H groups in total. The first-order chi connectivity index (χ1) is 9.61. The zero-order valence-corrected chi connectivity index (χ0v) is 11.8. The van der Waals surface area contributed by atoms with Crippen molar-refractivity contribution in [2.24, 2.45) is 0 Å². The number of pyridine rings is 1. The Hall–Kier alpha value is -2.30. The summed E-state index contributed by atoms with van der Waals surface area (Å²) >= 11 is 0. The largest absolute Gasteiger partial charge is 0.384 e. The van der Waals surface area contributed by atoms with Crippen LogP contribution in [0.15, 0.2) is 24.4 Å². The summed E-state index contributed by atoms with van der Waals surface area (Å²) in [5.41, 5.74) is 3.46. The molecule has 0 bridgehead atoms. The van der Waals surface area contributed by atoms with E-state index in [1.165, 1.54) is 6.07 Å². The third kappa shape index (κ3) is 1.86. The molecule has 2 heterocycles. The van der Waals surface area contributed by atoms with Crippen LogP contribution >= 0.6 is 0 Å². The van der Waals surface area contributed by atoms with E-state index in [0.29, 0.717) is 0 Å². The van der Waals surface area contributed by atoms with Crippen LogP contribution in [-0.2, 0) is 0 Å². The lowest BCUT2D eigenvalue weighted by atomic mass is 10.1. The second-order valence-corrected chi connectivity index (χ2v) is 4.98. The molecule has 0 spiro atoms. The molecule has 5 heteroatoms. The molecule has 0 amide bonds. The monoisotopic (exact) mass is 272 g/mol. The van der Waals surface area contributed by atoms with E-state index < -0.39 is 0 Å². The minimum absolute atomic E-state index is 0.247. The van der Waals surface area contributed by atoms with Crippen molar-refractivity contribution in [3.05, 3.63) is 30.2 Å². The molecule has 20 heavy (non-hydrogen) atoms. The second kappa shape index (κ2) is 4.67. The van der Waals surface area contributed by atoms with Crippen molar-refractivity contribution in [1.82, 2.24) is 9.97 Å². The number of fused-ring (bicyclic) bond motifs is 3. The van der Waals surface area contributed by atoms with Gasteiger partial charge in [0.25, 0.3) is 0 Å². The van der Waals surface area contributed by atoms with E-state index in [2.05, 4.69) is 15.3 Å². The molecule has 0 aliphatic rings. The van der Waals surface area contributed by atoms with Gasteiger partial charge in [-0.1, -0.05) is 0 Å². The van der Waals surface area contributed by atoms with Crippen LogP contribution < -0.4 is 10.2 Å². The highest BCUT2D eigenvalue weighted by Gasteiger charge is 2.14. The Balaban J connectivity index is 2.44. The van der Waals surface area contributed by atoms with Gasteiger partial charge in [-0.2, -0.15) is 0 Å². The number of nitrogens with one attached hydrogen (secondary N) is 2. The van der Waals surface area contributed by atoms with Gasteiger partial charge in [0, 0.05) is 37.9 Å². The fraction of sp³-hybridized carbons (Fsp3) is 0.267. The van der Waals surface area contributed by atoms with Crippen LogP contribution in [0.25, 0.3) is 21.9 Å². The first-order valence-electron chi connectivity index (χ1n) is 6.63. The number of aromatic amines is 1. The molecule has 3 rings (SSSR count). The molecule has 0 atom stereocenters. The molecule has 0 aliphatic carbocycles. The van der Waals surface area contributed by atoms with Crippen molar-refractivity contribution in [3.8, 4) is 0 Å². The number of nitrogens with zero attached hydrogens (tertiary/aromatic N) is 2. The van der Waals surface area contributed by atoms with Crippen LogP contribution in [0.4, 0.5) is 15.8 Å². The maximum absolute atomic E-state index is 13.9. The van der Waals surface area contributed by atoms with E-state index in [1.54, 1.807) is 12.3 Å². The first-order valence-corrected chi connectivity index (χ1v) is 6.63. The summed E-state index contributed by atoms with van der Waals surface area (Å²) in [5.74, 6) is -0.247. The van der Waals surface area contributed by atoms with Crippen molar-refractivity contribution in [2.45, 2.75) is 6.92 Å². The number of H-pyrrole nitrogens is 1. The summed E-state index contributed by atoms with van der Waals surface area (Å²) in [6, 6.07) is 5.01. The molecule has 0 fully saturated rings. The normalized spacial score (nSPS) is 11.2. The summed E-state index contributed by atoms with van der Waals surface area (Å²) in [5, 5.41) is 4.99. The SMILES string of the molecule is CCNc1cc(F)cc2c1[nH]c1nccc(N(C)C)c12. The maximum atomic E-state index is 13.9. The fourth-order valence-corrected chi connectivity index (χ4v) is 2.57. The van der Waals surface area contributed by atoms with Crippen molar-refractivity contribution in [3.63, 3.8) is 0 Å². The predicted molar refractivity (Wildman–Crippen MR) is 82.0 cm³/mol. The van der Waals surface area contributed by atoms with Gasteiger partial charge in [0.05, 0.1) is 16.6 Å². The molecule has 4 nitrogen and oxygen atoms in total. The van der Waals surface area contributed by atoms with Gasteiger partial charge in [0.2, 0.25) is 0 Å². The highest BCUT2D eigenvalue weighted by Crippen LogP contribution is 2.35. The van der Waals surface area contributed by atoms with Crippen molar-refractivity contribution < 1.29 is 4.39 Å². The fourth-order valence-electron chi connectivity index (χ4n) is 2.57. The lowest BCUT2D eigenvalue weighted by Crippen LogP contribution is -2.08. The van der Waals surface area contributed by atoms with Crippen LogP contribution in [0.3, 0.4) is 0 Å². The van der Waals surface area contributed by atoms with Gasteiger partial charge in [-0.15, -0.1) is 0 Å². The molecule has 2 aromatic heterocycles. The summed E-state index contributed by atoms with van der Waals surface area (Å²) in [6.07, 6.45) is 1.76. The summed E-state index contributed by atoms with van der Waals surface area (Å²) in [6.45, 7) is 2.73. The van der Waals surface area contributed by atoms with Gasteiger partial charge in [-0.25, -0.2) is 9.37 Å². The van der Waals surface area contributed by atoms with Crippen molar-refractivity contribution >= 4 is 33.3 Å². The Bertz CT molecular complexity index is 776. The molecule has 0 unspecified atom stereocenters. The van der Waals surface area contributed by atoms with Crippen LogP contribution in [0.5, 0.6) is 0 Å². The summed E-state index contributed by atoms with van der Waals surface area (Å²) in [4.78, 5) is 9.66. The van der Waals surface area contributed by atoms with E-state index in [9.17, 15) is 4.39 Å². The Morgan fingerprint density at radius 3 is 2.85 bits per heavy atom. The van der Waals surface area contributed by atoms with Crippen LogP contribution in [0, 0.1) is 5.82 Å². The zero-order valence-electron chi connectivity index (χ0n) is 11.8. The lowest BCUT2D eigenvalue weighted by molar-refractivity contribution is 0.630. The molecular formula is C15H17FN4. The topological polar surface area (TPSA) is 44.0 Å². The highest BCUT2D eigenvalue weighted by atomic mass is 19.1. The zero-order chi connectivity index (χ0) is 14.3. The lowest BCUT2D eigenvalue weighted by Gasteiger charge is -2.13. The molecule has 3 aromatic rings. The number of hydrogen-bond donors (Lipinski definition) is 2. The smallest absolute Gasteiger partial charge is 0.140 e. The third-order valence-corrected chi connectivity index (χ3v) is 3.39. The van der Waals surface area contributed by atoms with E-state index in [4.69, 9.17) is 0 Å². The van der Waals surface area contributed by atoms with Crippen molar-refractivity contribution in [1.29, 1.82) is 0 Å². The highest BCUT2D eigenvalue weighted by molar-refractivity contribution is 6.15. The van der Waals surface area contributed by atoms with E-state index in [0.717, 1.165) is 39.9 Å². The molecule has 0 saturated heterocycles.